The van der Waals surface area contributed by atoms with Crippen LogP contribution in [-0.4, -0.2) is 42.6 Å². The number of carbonyl (C=O) groups is 1. The van der Waals surface area contributed by atoms with Crippen LogP contribution in [-0.2, 0) is 28.9 Å². The molecule has 1 saturated carbocycles. The Morgan fingerprint density at radius 1 is 1.00 bits per heavy atom. The van der Waals surface area contributed by atoms with E-state index in [1.165, 1.54) is 0 Å². The van der Waals surface area contributed by atoms with E-state index >= 15 is 0 Å². The Labute approximate surface area is 259 Å². The van der Waals surface area contributed by atoms with Crippen molar-refractivity contribution in [1.29, 1.82) is 0 Å². The summed E-state index contributed by atoms with van der Waals surface area (Å²) in [4.78, 5) is 27.9. The Bertz CT molecular complexity index is 1610. The Hall–Kier alpha value is -4.01. The lowest BCUT2D eigenvalue weighted by Gasteiger charge is -2.45. The summed E-state index contributed by atoms with van der Waals surface area (Å²) in [6, 6.07) is 16.5. The molecular formula is C35H44N6O3. The molecule has 9 nitrogen and oxygen atoms in total. The fourth-order valence-corrected chi connectivity index (χ4v) is 7.62. The zero-order valence-electron chi connectivity index (χ0n) is 26.1. The first-order valence-corrected chi connectivity index (χ1v) is 16.5. The van der Waals surface area contributed by atoms with Crippen molar-refractivity contribution in [2.75, 3.05) is 6.61 Å². The summed E-state index contributed by atoms with van der Waals surface area (Å²) in [6.45, 7) is 5.18. The van der Waals surface area contributed by atoms with Crippen molar-refractivity contribution in [3.05, 3.63) is 75.7 Å². The zero-order valence-corrected chi connectivity index (χ0v) is 26.1. The minimum absolute atomic E-state index is 0.0438. The van der Waals surface area contributed by atoms with Crippen LogP contribution in [0.25, 0.3) is 22.5 Å². The van der Waals surface area contributed by atoms with Crippen molar-refractivity contribution < 1.29 is 9.53 Å². The van der Waals surface area contributed by atoms with E-state index < -0.39 is 5.41 Å². The fraction of sp³-hybridized carbons (Fsp3) is 0.514. The lowest BCUT2D eigenvalue weighted by molar-refractivity contribution is -0.163. The number of aromatic nitrogens is 6. The van der Waals surface area contributed by atoms with Gasteiger partial charge in [0.15, 0.2) is 0 Å². The van der Waals surface area contributed by atoms with Crippen LogP contribution in [0.5, 0.6) is 0 Å². The molecule has 2 aromatic carbocycles. The molecule has 1 N–H and O–H groups in total. The third-order valence-corrected chi connectivity index (χ3v) is 9.76. The topological polar surface area (TPSA) is 108 Å². The van der Waals surface area contributed by atoms with Gasteiger partial charge in [-0.05, 0) is 67.4 Å². The molecule has 232 valence electrons. The SMILES string of the molecule is CCCCCc1c(Cc2ccc(-c3ccccc3-c3nn[nH]n3)cc2)c(=O)n2n1C(C1(C(=O)OCC)CCCCC1)CCC2. The number of benzene rings is 2. The number of hydrogen-bond acceptors (Lipinski definition) is 6. The van der Waals surface area contributed by atoms with Gasteiger partial charge in [0.2, 0.25) is 5.82 Å². The molecule has 6 rings (SSSR count). The first-order chi connectivity index (χ1) is 21.6. The molecule has 4 aromatic rings. The number of tetrazole rings is 1. The largest absolute Gasteiger partial charge is 0.466 e. The molecule has 44 heavy (non-hydrogen) atoms. The molecule has 0 saturated heterocycles. The van der Waals surface area contributed by atoms with Gasteiger partial charge in [-0.3, -0.25) is 14.3 Å². The standard InChI is InChI=1S/C35H44N6O3/c1-3-5-7-15-30-29(24-25-17-19-26(20-18-25)27-13-8-9-14-28(27)32-36-38-39-37-32)33(42)40-23-12-16-31(41(30)40)35(34(43)44-4-2)21-10-6-11-22-35/h8-9,13-14,17-20,31H,3-7,10-12,15-16,21-24H2,1-2H3,(H,36,37,38,39). The maximum absolute atomic E-state index is 14.2. The summed E-state index contributed by atoms with van der Waals surface area (Å²) in [5, 5.41) is 14.6. The number of hydrogen-bond donors (Lipinski definition) is 1. The van der Waals surface area contributed by atoms with Gasteiger partial charge in [-0.2, -0.15) is 5.21 Å². The van der Waals surface area contributed by atoms with Gasteiger partial charge in [-0.1, -0.05) is 87.6 Å². The van der Waals surface area contributed by atoms with Crippen molar-refractivity contribution in [1.82, 2.24) is 30.0 Å². The summed E-state index contributed by atoms with van der Waals surface area (Å²) in [5.41, 5.74) is 5.62. The lowest BCUT2D eigenvalue weighted by Crippen LogP contribution is -2.47. The second-order valence-electron chi connectivity index (χ2n) is 12.4. The van der Waals surface area contributed by atoms with Crippen molar-refractivity contribution in [3.63, 3.8) is 0 Å². The number of ether oxygens (including phenoxy) is 1. The second kappa shape index (κ2) is 13.3. The monoisotopic (exact) mass is 596 g/mol. The normalized spacial score (nSPS) is 17.7. The van der Waals surface area contributed by atoms with Crippen LogP contribution < -0.4 is 5.56 Å². The van der Waals surface area contributed by atoms with E-state index in [-0.39, 0.29) is 17.6 Å². The van der Waals surface area contributed by atoms with Gasteiger partial charge in [0.25, 0.3) is 5.56 Å². The number of unbranched alkanes of at least 4 members (excludes halogenated alkanes) is 2. The molecule has 1 aliphatic heterocycles. The van der Waals surface area contributed by atoms with Gasteiger partial charge in [-0.25, -0.2) is 4.68 Å². The van der Waals surface area contributed by atoms with Gasteiger partial charge in [-0.15, -0.1) is 10.2 Å². The van der Waals surface area contributed by atoms with Crippen LogP contribution >= 0.6 is 0 Å². The molecule has 9 heteroatoms. The summed E-state index contributed by atoms with van der Waals surface area (Å²) in [5.74, 6) is 0.485. The Balaban J connectivity index is 1.37. The smallest absolute Gasteiger partial charge is 0.314 e. The molecule has 0 spiro atoms. The van der Waals surface area contributed by atoms with Gasteiger partial charge in [0, 0.05) is 29.8 Å². The molecular weight excluding hydrogens is 552 g/mol. The van der Waals surface area contributed by atoms with Crippen molar-refractivity contribution >= 4 is 5.97 Å². The van der Waals surface area contributed by atoms with E-state index in [9.17, 15) is 9.59 Å². The predicted molar refractivity (Wildman–Crippen MR) is 170 cm³/mol. The molecule has 2 aromatic heterocycles. The first kappa shape index (κ1) is 30.0. The predicted octanol–water partition coefficient (Wildman–Crippen LogP) is 6.67. The third-order valence-electron chi connectivity index (χ3n) is 9.76. The number of nitrogens with one attached hydrogen (secondary N) is 1. The molecule has 0 amide bonds. The van der Waals surface area contributed by atoms with Crippen LogP contribution in [0, 0.1) is 5.41 Å². The highest BCUT2D eigenvalue weighted by Gasteiger charge is 2.50. The lowest BCUT2D eigenvalue weighted by atomic mass is 9.67. The van der Waals surface area contributed by atoms with Gasteiger partial charge in [0.05, 0.1) is 18.1 Å². The van der Waals surface area contributed by atoms with E-state index in [4.69, 9.17) is 4.74 Å². The summed E-state index contributed by atoms with van der Waals surface area (Å²) < 4.78 is 10.0. The number of carbonyl (C=O) groups excluding carboxylic acids is 1. The Morgan fingerprint density at radius 3 is 2.48 bits per heavy atom. The molecule has 0 radical (unpaired) electrons. The summed E-state index contributed by atoms with van der Waals surface area (Å²) in [6.07, 6.45) is 11.3. The van der Waals surface area contributed by atoms with Crippen LogP contribution in [0.15, 0.2) is 53.3 Å². The van der Waals surface area contributed by atoms with Crippen LogP contribution in [0.3, 0.4) is 0 Å². The molecule has 1 atom stereocenters. The maximum atomic E-state index is 14.2. The van der Waals surface area contributed by atoms with E-state index in [2.05, 4.69) is 62.6 Å². The number of rotatable bonds is 11. The second-order valence-corrected chi connectivity index (χ2v) is 12.4. The third kappa shape index (κ3) is 5.64. The van der Waals surface area contributed by atoms with Gasteiger partial charge < -0.3 is 4.74 Å². The van der Waals surface area contributed by atoms with Crippen LogP contribution in [0.4, 0.5) is 0 Å². The van der Waals surface area contributed by atoms with Gasteiger partial charge in [0.1, 0.15) is 0 Å². The number of aromatic amines is 1. The number of esters is 1. The first-order valence-electron chi connectivity index (χ1n) is 16.5. The quantitative estimate of drug-likeness (QED) is 0.153. The molecule has 1 fully saturated rings. The number of H-pyrrole nitrogens is 1. The van der Waals surface area contributed by atoms with E-state index in [0.717, 1.165) is 104 Å². The summed E-state index contributed by atoms with van der Waals surface area (Å²) in [7, 11) is 0. The average molecular weight is 597 g/mol. The Kier molecular flexibility index (Phi) is 9.09. The fourth-order valence-electron chi connectivity index (χ4n) is 7.62. The molecule has 0 bridgehead atoms. The van der Waals surface area contributed by atoms with Gasteiger partial charge >= 0.3 is 5.97 Å². The number of nitrogens with zero attached hydrogens (tertiary/aromatic N) is 5. The molecule has 1 unspecified atom stereocenters. The van der Waals surface area contributed by atoms with E-state index in [0.29, 0.717) is 25.4 Å². The van der Waals surface area contributed by atoms with E-state index in [1.54, 1.807) is 0 Å². The van der Waals surface area contributed by atoms with Crippen LogP contribution in [0.1, 0.15) is 101 Å². The van der Waals surface area contributed by atoms with Crippen molar-refractivity contribution in [3.8, 4) is 22.5 Å². The minimum Gasteiger partial charge on any atom is -0.466 e. The molecule has 1 aliphatic carbocycles. The van der Waals surface area contributed by atoms with E-state index in [1.807, 2.05) is 29.8 Å². The van der Waals surface area contributed by atoms with Crippen LogP contribution in [0.2, 0.25) is 0 Å². The highest BCUT2D eigenvalue weighted by atomic mass is 16.5. The van der Waals surface area contributed by atoms with Crippen molar-refractivity contribution in [2.45, 2.75) is 103 Å². The molecule has 2 aliphatic rings. The zero-order chi connectivity index (χ0) is 30.5. The Morgan fingerprint density at radius 2 is 1.77 bits per heavy atom. The highest BCUT2D eigenvalue weighted by molar-refractivity contribution is 5.80. The minimum atomic E-state index is -0.563. The maximum Gasteiger partial charge on any atom is 0.314 e. The number of fused-ring (bicyclic) bond motifs is 1. The average Bonchev–Trinajstić information content (AvgIpc) is 3.69. The van der Waals surface area contributed by atoms with Crippen molar-refractivity contribution in [2.24, 2.45) is 5.41 Å². The molecule has 3 heterocycles. The summed E-state index contributed by atoms with van der Waals surface area (Å²) >= 11 is 0. The highest BCUT2D eigenvalue weighted by Crippen LogP contribution is 2.50.